The van der Waals surface area contributed by atoms with Crippen LogP contribution >= 0.6 is 0 Å². The van der Waals surface area contributed by atoms with Gasteiger partial charge in [-0.05, 0) is 42.8 Å². The van der Waals surface area contributed by atoms with Crippen LogP contribution in [0.15, 0.2) is 50.3 Å². The standard InChI is InChI=1S/C14H10N4O4S/c1-9-7-10(8-15)4-5-12(9)23(19,20)18-14-17-16-13(22-14)11-3-2-6-21-11/h2-7H,1H3,(H,17,18). The number of aromatic nitrogens is 2. The Hall–Kier alpha value is -3.12. The quantitative estimate of drug-likeness (QED) is 0.778. The number of hydrogen-bond donors (Lipinski definition) is 1. The van der Waals surface area contributed by atoms with Crippen LogP contribution in [-0.2, 0) is 10.0 Å². The molecule has 116 valence electrons. The Morgan fingerprint density at radius 2 is 2.09 bits per heavy atom. The van der Waals surface area contributed by atoms with Gasteiger partial charge < -0.3 is 8.83 Å². The van der Waals surface area contributed by atoms with Crippen molar-refractivity contribution in [1.29, 1.82) is 5.26 Å². The van der Waals surface area contributed by atoms with Crippen molar-refractivity contribution in [3.63, 3.8) is 0 Å². The van der Waals surface area contributed by atoms with Crippen LogP contribution in [0.5, 0.6) is 0 Å². The molecule has 0 aliphatic carbocycles. The molecule has 0 amide bonds. The highest BCUT2D eigenvalue weighted by atomic mass is 32.2. The monoisotopic (exact) mass is 330 g/mol. The Kier molecular flexibility index (Phi) is 3.59. The predicted octanol–water partition coefficient (Wildman–Crippen LogP) is 2.31. The normalized spacial score (nSPS) is 11.1. The highest BCUT2D eigenvalue weighted by molar-refractivity contribution is 7.92. The van der Waals surface area contributed by atoms with Gasteiger partial charge in [0.15, 0.2) is 5.76 Å². The van der Waals surface area contributed by atoms with Crippen LogP contribution < -0.4 is 4.72 Å². The third kappa shape index (κ3) is 2.93. The Morgan fingerprint density at radius 1 is 1.26 bits per heavy atom. The number of anilines is 1. The summed E-state index contributed by atoms with van der Waals surface area (Å²) in [6.45, 7) is 1.59. The molecule has 0 spiro atoms. The van der Waals surface area contributed by atoms with Gasteiger partial charge in [0.05, 0.1) is 22.8 Å². The van der Waals surface area contributed by atoms with Crippen LogP contribution in [0.1, 0.15) is 11.1 Å². The first-order chi connectivity index (χ1) is 11.0. The van der Waals surface area contributed by atoms with Crippen molar-refractivity contribution in [3.05, 3.63) is 47.7 Å². The molecule has 0 saturated carbocycles. The summed E-state index contributed by atoms with van der Waals surface area (Å²) in [6, 6.07) is 9.17. The van der Waals surface area contributed by atoms with Crippen LogP contribution in [0.4, 0.5) is 6.01 Å². The van der Waals surface area contributed by atoms with Crippen molar-refractivity contribution in [2.24, 2.45) is 0 Å². The van der Waals surface area contributed by atoms with Gasteiger partial charge in [-0.1, -0.05) is 5.10 Å². The number of hydrogen-bond acceptors (Lipinski definition) is 7. The lowest BCUT2D eigenvalue weighted by Gasteiger charge is -2.07. The van der Waals surface area contributed by atoms with E-state index in [0.717, 1.165) is 0 Å². The first-order valence-corrected chi connectivity index (χ1v) is 7.89. The fourth-order valence-corrected chi connectivity index (χ4v) is 3.11. The van der Waals surface area contributed by atoms with Gasteiger partial charge in [-0.25, -0.2) is 13.1 Å². The summed E-state index contributed by atoms with van der Waals surface area (Å²) in [6.07, 6.45) is 1.43. The average molecular weight is 330 g/mol. The molecule has 0 saturated heterocycles. The van der Waals surface area contributed by atoms with Crippen molar-refractivity contribution < 1.29 is 17.3 Å². The van der Waals surface area contributed by atoms with Gasteiger partial charge in [-0.3, -0.25) is 0 Å². The van der Waals surface area contributed by atoms with Crippen LogP contribution in [0.2, 0.25) is 0 Å². The Balaban J connectivity index is 1.89. The van der Waals surface area contributed by atoms with E-state index in [1.54, 1.807) is 19.1 Å². The molecule has 2 aromatic heterocycles. The molecule has 0 aliphatic heterocycles. The molecule has 0 aliphatic rings. The molecule has 1 aromatic carbocycles. The van der Waals surface area contributed by atoms with E-state index in [4.69, 9.17) is 14.1 Å². The lowest BCUT2D eigenvalue weighted by atomic mass is 10.2. The summed E-state index contributed by atoms with van der Waals surface area (Å²) in [5.41, 5.74) is 0.807. The number of benzene rings is 1. The zero-order chi connectivity index (χ0) is 16.4. The van der Waals surface area contributed by atoms with Crippen molar-refractivity contribution in [2.45, 2.75) is 11.8 Å². The van der Waals surface area contributed by atoms with Gasteiger partial charge in [0.25, 0.3) is 15.9 Å². The van der Waals surface area contributed by atoms with Gasteiger partial charge in [-0.2, -0.15) is 5.26 Å². The Bertz CT molecular complexity index is 984. The topological polar surface area (TPSA) is 122 Å². The SMILES string of the molecule is Cc1cc(C#N)ccc1S(=O)(=O)Nc1nnc(-c2ccco2)o1. The van der Waals surface area contributed by atoms with Crippen molar-refractivity contribution in [2.75, 3.05) is 4.72 Å². The third-order valence-corrected chi connectivity index (χ3v) is 4.45. The maximum absolute atomic E-state index is 12.4. The van der Waals surface area contributed by atoms with Crippen molar-refractivity contribution >= 4 is 16.0 Å². The molecule has 3 rings (SSSR count). The average Bonchev–Trinajstić information content (AvgIpc) is 3.17. The van der Waals surface area contributed by atoms with Gasteiger partial charge in [-0.15, -0.1) is 5.10 Å². The molecule has 1 N–H and O–H groups in total. The lowest BCUT2D eigenvalue weighted by molar-refractivity contribution is 0.524. The zero-order valence-electron chi connectivity index (χ0n) is 11.8. The fourth-order valence-electron chi connectivity index (χ4n) is 1.95. The van der Waals surface area contributed by atoms with Gasteiger partial charge in [0, 0.05) is 0 Å². The van der Waals surface area contributed by atoms with Gasteiger partial charge >= 0.3 is 6.01 Å². The first kappa shape index (κ1) is 14.8. The predicted molar refractivity (Wildman–Crippen MR) is 78.7 cm³/mol. The second-order valence-electron chi connectivity index (χ2n) is 4.59. The maximum atomic E-state index is 12.4. The smallest absolute Gasteiger partial charge is 0.330 e. The third-order valence-electron chi connectivity index (χ3n) is 2.97. The Labute approximate surface area is 131 Å². The van der Waals surface area contributed by atoms with E-state index in [2.05, 4.69) is 14.9 Å². The maximum Gasteiger partial charge on any atom is 0.330 e. The molecular weight excluding hydrogens is 320 g/mol. The molecule has 3 aromatic rings. The molecule has 0 unspecified atom stereocenters. The summed E-state index contributed by atoms with van der Waals surface area (Å²) in [5, 5.41) is 16.2. The minimum atomic E-state index is -3.91. The number of nitrogens with zero attached hydrogens (tertiary/aromatic N) is 3. The van der Waals surface area contributed by atoms with E-state index in [9.17, 15) is 8.42 Å². The summed E-state index contributed by atoms with van der Waals surface area (Å²) in [4.78, 5) is 0.0225. The number of rotatable bonds is 4. The van der Waals surface area contributed by atoms with Crippen molar-refractivity contribution in [1.82, 2.24) is 10.2 Å². The van der Waals surface area contributed by atoms with E-state index in [1.807, 2.05) is 6.07 Å². The number of furan rings is 1. The summed E-state index contributed by atoms with van der Waals surface area (Å²) in [7, 11) is -3.91. The number of nitriles is 1. The fraction of sp³-hybridized carbons (Fsp3) is 0.0714. The van der Waals surface area contributed by atoms with E-state index in [-0.39, 0.29) is 16.8 Å². The molecule has 0 atom stereocenters. The van der Waals surface area contributed by atoms with E-state index < -0.39 is 10.0 Å². The van der Waals surface area contributed by atoms with Crippen LogP contribution in [0.25, 0.3) is 11.7 Å². The molecule has 0 radical (unpaired) electrons. The molecule has 23 heavy (non-hydrogen) atoms. The molecular formula is C14H10N4O4S. The number of aryl methyl sites for hydroxylation is 1. The van der Waals surface area contributed by atoms with Crippen LogP contribution in [-0.4, -0.2) is 18.6 Å². The highest BCUT2D eigenvalue weighted by Gasteiger charge is 2.21. The van der Waals surface area contributed by atoms with E-state index >= 15 is 0 Å². The van der Waals surface area contributed by atoms with Crippen LogP contribution in [0.3, 0.4) is 0 Å². The first-order valence-electron chi connectivity index (χ1n) is 6.40. The second kappa shape index (κ2) is 5.58. The molecule has 0 bridgehead atoms. The summed E-state index contributed by atoms with van der Waals surface area (Å²) >= 11 is 0. The molecule has 0 fully saturated rings. The number of sulfonamides is 1. The Morgan fingerprint density at radius 3 is 2.74 bits per heavy atom. The van der Waals surface area contributed by atoms with Gasteiger partial charge in [0.1, 0.15) is 0 Å². The molecule has 2 heterocycles. The van der Waals surface area contributed by atoms with Gasteiger partial charge in [0.2, 0.25) is 0 Å². The lowest BCUT2D eigenvalue weighted by Crippen LogP contribution is -2.14. The second-order valence-corrected chi connectivity index (χ2v) is 6.24. The van der Waals surface area contributed by atoms with Crippen molar-refractivity contribution in [3.8, 4) is 17.7 Å². The highest BCUT2D eigenvalue weighted by Crippen LogP contribution is 2.23. The minimum absolute atomic E-state index is 0.0225. The summed E-state index contributed by atoms with van der Waals surface area (Å²) < 4.78 is 37.2. The molecule has 8 nitrogen and oxygen atoms in total. The summed E-state index contributed by atoms with van der Waals surface area (Å²) in [5.74, 6) is 0.391. The molecule has 9 heteroatoms. The van der Waals surface area contributed by atoms with E-state index in [1.165, 1.54) is 24.5 Å². The number of nitrogens with one attached hydrogen (secondary N) is 1. The van der Waals surface area contributed by atoms with E-state index in [0.29, 0.717) is 16.9 Å². The van der Waals surface area contributed by atoms with Crippen LogP contribution in [0, 0.1) is 18.3 Å². The zero-order valence-corrected chi connectivity index (χ0v) is 12.7. The minimum Gasteiger partial charge on any atom is -0.459 e. The largest absolute Gasteiger partial charge is 0.459 e.